The van der Waals surface area contributed by atoms with Gasteiger partial charge in [-0.2, -0.15) is 0 Å². The molecular weight excluding hydrogens is 481 g/mol. The van der Waals surface area contributed by atoms with Gasteiger partial charge in [-0.05, 0) is 48.7 Å². The predicted molar refractivity (Wildman–Crippen MR) is 125 cm³/mol. The summed E-state index contributed by atoms with van der Waals surface area (Å²) in [4.78, 5) is 59.4. The lowest BCUT2D eigenvalue weighted by Gasteiger charge is -2.29. The molecule has 0 N–H and O–H groups in total. The molecule has 2 saturated heterocycles. The Labute approximate surface area is 203 Å². The first-order valence-corrected chi connectivity index (χ1v) is 12.0. The van der Waals surface area contributed by atoms with E-state index in [1.165, 1.54) is 52.3 Å². The van der Waals surface area contributed by atoms with Gasteiger partial charge in [0.05, 0.1) is 22.3 Å². The van der Waals surface area contributed by atoms with Crippen LogP contribution >= 0.6 is 22.9 Å². The second kappa shape index (κ2) is 8.56. The summed E-state index contributed by atoms with van der Waals surface area (Å²) in [7, 11) is 0. The van der Waals surface area contributed by atoms with Gasteiger partial charge in [0, 0.05) is 18.5 Å². The zero-order chi connectivity index (χ0) is 24.1. The van der Waals surface area contributed by atoms with Gasteiger partial charge in [-0.15, -0.1) is 0 Å². The first kappa shape index (κ1) is 22.6. The number of fused-ring (bicyclic) bond motifs is 1. The Morgan fingerprint density at radius 2 is 1.88 bits per heavy atom. The molecule has 5 rings (SSSR count). The van der Waals surface area contributed by atoms with Crippen molar-refractivity contribution in [3.8, 4) is 0 Å². The third kappa shape index (κ3) is 3.69. The number of amides is 2. The molecule has 0 bridgehead atoms. The van der Waals surface area contributed by atoms with Crippen LogP contribution in [0.5, 0.6) is 0 Å². The van der Waals surface area contributed by atoms with Crippen LogP contribution in [0.15, 0.2) is 42.5 Å². The van der Waals surface area contributed by atoms with E-state index < -0.39 is 41.3 Å². The van der Waals surface area contributed by atoms with Crippen molar-refractivity contribution in [2.75, 3.05) is 11.4 Å². The number of thiazole rings is 1. The predicted octanol–water partition coefficient (Wildman–Crippen LogP) is 3.94. The van der Waals surface area contributed by atoms with Gasteiger partial charge in [-0.25, -0.2) is 9.37 Å². The molecule has 2 aliphatic heterocycles. The molecule has 2 aromatic carbocycles. The Morgan fingerprint density at radius 3 is 2.59 bits per heavy atom. The van der Waals surface area contributed by atoms with Crippen molar-refractivity contribution in [2.24, 2.45) is 5.92 Å². The van der Waals surface area contributed by atoms with E-state index in [1.54, 1.807) is 18.2 Å². The third-order valence-electron chi connectivity index (χ3n) is 6.35. The van der Waals surface area contributed by atoms with Gasteiger partial charge in [0.1, 0.15) is 11.7 Å². The van der Waals surface area contributed by atoms with E-state index in [2.05, 4.69) is 4.98 Å². The summed E-state index contributed by atoms with van der Waals surface area (Å²) in [5.74, 6) is -4.27. The lowest BCUT2D eigenvalue weighted by Crippen LogP contribution is -2.44. The van der Waals surface area contributed by atoms with E-state index in [0.29, 0.717) is 40.2 Å². The van der Waals surface area contributed by atoms with Crippen LogP contribution in [-0.2, 0) is 19.2 Å². The average Bonchev–Trinajstić information content (AvgIpc) is 3.50. The molecule has 10 heteroatoms. The molecule has 0 spiro atoms. The molecule has 1 aromatic heterocycles. The highest BCUT2D eigenvalue weighted by molar-refractivity contribution is 7.22. The summed E-state index contributed by atoms with van der Waals surface area (Å²) < 4.78 is 14.4. The number of halogens is 2. The molecule has 174 valence electrons. The molecule has 0 radical (unpaired) electrons. The summed E-state index contributed by atoms with van der Waals surface area (Å²) in [5, 5.41) is 0.746. The van der Waals surface area contributed by atoms with Crippen molar-refractivity contribution >= 4 is 61.7 Å². The second-order valence-electron chi connectivity index (χ2n) is 8.39. The first-order valence-electron chi connectivity index (χ1n) is 10.8. The van der Waals surface area contributed by atoms with E-state index in [9.17, 15) is 23.6 Å². The molecule has 3 aromatic rings. The zero-order valence-electron chi connectivity index (χ0n) is 18.0. The highest BCUT2D eigenvalue weighted by Gasteiger charge is 2.55. The van der Waals surface area contributed by atoms with Crippen LogP contribution in [0.25, 0.3) is 10.2 Å². The van der Waals surface area contributed by atoms with Crippen LogP contribution in [0.4, 0.5) is 9.52 Å². The van der Waals surface area contributed by atoms with E-state index in [0.717, 1.165) is 0 Å². The van der Waals surface area contributed by atoms with Gasteiger partial charge < -0.3 is 4.90 Å². The Kier molecular flexibility index (Phi) is 5.69. The zero-order valence-corrected chi connectivity index (χ0v) is 19.6. The van der Waals surface area contributed by atoms with E-state index in [1.807, 2.05) is 0 Å². The van der Waals surface area contributed by atoms with Crippen molar-refractivity contribution in [3.05, 3.63) is 58.9 Å². The van der Waals surface area contributed by atoms with Gasteiger partial charge in [0.2, 0.25) is 11.7 Å². The highest BCUT2D eigenvalue weighted by Crippen LogP contribution is 2.44. The van der Waals surface area contributed by atoms with Crippen LogP contribution < -0.4 is 4.90 Å². The van der Waals surface area contributed by atoms with Crippen molar-refractivity contribution in [2.45, 2.75) is 31.8 Å². The number of Topliss-reactive ketones (excluding diaryl/α,β-unsaturated/α-hetero) is 2. The molecule has 3 unspecified atom stereocenters. The standard InChI is InChI=1S/C24H19ClFN3O4S/c1-12(30)28-10-2-3-17(28)21(31)19-20(13-4-7-15(26)8-5-13)29(23(33)22(19)32)24-27-16-9-6-14(25)11-18(16)34-24/h4-9,11,17,19-20H,2-3,10H2,1H3. The number of hydrogen-bond acceptors (Lipinski definition) is 6. The molecular formula is C24H19ClFN3O4S. The van der Waals surface area contributed by atoms with Crippen LogP contribution in [0, 0.1) is 11.7 Å². The molecule has 34 heavy (non-hydrogen) atoms. The summed E-state index contributed by atoms with van der Waals surface area (Å²) >= 11 is 7.26. The number of nitrogens with zero attached hydrogens (tertiary/aromatic N) is 3. The topological polar surface area (TPSA) is 87.7 Å². The number of anilines is 1. The molecule has 7 nitrogen and oxygen atoms in total. The van der Waals surface area contributed by atoms with Crippen LogP contribution in [0.1, 0.15) is 31.4 Å². The second-order valence-corrected chi connectivity index (χ2v) is 9.84. The lowest BCUT2D eigenvalue weighted by atomic mass is 9.85. The molecule has 0 saturated carbocycles. The number of rotatable bonds is 4. The molecule has 2 amide bonds. The number of carbonyl (C=O) groups excluding carboxylic acids is 4. The number of carbonyl (C=O) groups is 4. The van der Waals surface area contributed by atoms with Crippen molar-refractivity contribution < 1.29 is 23.6 Å². The highest BCUT2D eigenvalue weighted by atomic mass is 35.5. The van der Waals surface area contributed by atoms with Crippen molar-refractivity contribution in [3.63, 3.8) is 0 Å². The Hall–Kier alpha value is -3.17. The average molecular weight is 500 g/mol. The number of benzene rings is 2. The molecule has 3 atom stereocenters. The monoisotopic (exact) mass is 499 g/mol. The largest absolute Gasteiger partial charge is 0.333 e. The number of ketones is 2. The maximum Gasteiger partial charge on any atom is 0.297 e. The fraction of sp³-hybridized carbons (Fsp3) is 0.292. The maximum absolute atomic E-state index is 13.7. The Bertz CT molecular complexity index is 1340. The number of aromatic nitrogens is 1. The summed E-state index contributed by atoms with van der Waals surface area (Å²) in [6.45, 7) is 1.80. The molecule has 2 aliphatic rings. The molecule has 0 aliphatic carbocycles. The Morgan fingerprint density at radius 1 is 1.15 bits per heavy atom. The number of hydrogen-bond donors (Lipinski definition) is 0. The van der Waals surface area contributed by atoms with Crippen LogP contribution in [0.3, 0.4) is 0 Å². The SMILES string of the molecule is CC(=O)N1CCCC1C(=O)C1C(=O)C(=O)N(c2nc3ccc(Cl)cc3s2)C1c1ccc(F)cc1. The van der Waals surface area contributed by atoms with Crippen LogP contribution in [0.2, 0.25) is 5.02 Å². The minimum atomic E-state index is -1.33. The minimum Gasteiger partial charge on any atom is -0.333 e. The van der Waals surface area contributed by atoms with Gasteiger partial charge in [-0.3, -0.25) is 24.1 Å². The fourth-order valence-corrected chi connectivity index (χ4v) is 6.08. The molecule has 2 fully saturated rings. The summed E-state index contributed by atoms with van der Waals surface area (Å²) in [6, 6.07) is 8.66. The fourth-order valence-electron chi connectivity index (χ4n) is 4.80. The van der Waals surface area contributed by atoms with Gasteiger partial charge in [0.25, 0.3) is 5.91 Å². The normalized spacial score (nSPS) is 22.7. The summed E-state index contributed by atoms with van der Waals surface area (Å²) in [5.41, 5.74) is 1.03. The van der Waals surface area contributed by atoms with E-state index in [-0.39, 0.29) is 11.0 Å². The summed E-state index contributed by atoms with van der Waals surface area (Å²) in [6.07, 6.45) is 1.06. The van der Waals surface area contributed by atoms with Gasteiger partial charge in [-0.1, -0.05) is 35.1 Å². The van der Waals surface area contributed by atoms with E-state index in [4.69, 9.17) is 11.6 Å². The van der Waals surface area contributed by atoms with E-state index >= 15 is 0 Å². The van der Waals surface area contributed by atoms with Crippen LogP contribution in [-0.4, -0.2) is 45.9 Å². The lowest BCUT2D eigenvalue weighted by molar-refractivity contribution is -0.143. The minimum absolute atomic E-state index is 0.245. The molecule has 3 heterocycles. The Balaban J connectivity index is 1.62. The smallest absolute Gasteiger partial charge is 0.297 e. The van der Waals surface area contributed by atoms with Crippen molar-refractivity contribution in [1.82, 2.24) is 9.88 Å². The van der Waals surface area contributed by atoms with Crippen molar-refractivity contribution in [1.29, 1.82) is 0 Å². The van der Waals surface area contributed by atoms with Gasteiger partial charge >= 0.3 is 0 Å². The quantitative estimate of drug-likeness (QED) is 0.401. The first-order chi connectivity index (χ1) is 16.3. The maximum atomic E-state index is 13.7. The number of likely N-dealkylation sites (tertiary alicyclic amines) is 1. The van der Waals surface area contributed by atoms with Gasteiger partial charge in [0.15, 0.2) is 10.9 Å². The third-order valence-corrected chi connectivity index (χ3v) is 7.61.